The zero-order valence-electron chi connectivity index (χ0n) is 5.64. The second-order valence-corrected chi connectivity index (χ2v) is 3.94. The molecule has 3 heteroatoms. The highest BCUT2D eigenvalue weighted by atomic mass is 79.9. The third-order valence-electron chi connectivity index (χ3n) is 1.30. The Morgan fingerprint density at radius 3 is 2.90 bits per heavy atom. The van der Waals surface area contributed by atoms with E-state index in [1.54, 1.807) is 11.3 Å². The summed E-state index contributed by atoms with van der Waals surface area (Å²) < 4.78 is 1.23. The molecular weight excluding hydrogens is 210 g/mol. The number of hydrogen-bond acceptors (Lipinski definition) is 2. The largest absolute Gasteiger partial charge is 0.330 e. The van der Waals surface area contributed by atoms with Gasteiger partial charge in [-0.25, -0.2) is 0 Å². The highest BCUT2D eigenvalue weighted by molar-refractivity contribution is 9.10. The Morgan fingerprint density at radius 1 is 1.60 bits per heavy atom. The van der Waals surface area contributed by atoms with E-state index < -0.39 is 0 Å². The fraction of sp³-hybridized carbons (Fsp3) is 0.429. The molecule has 0 bridgehead atoms. The second-order valence-electron chi connectivity index (χ2n) is 2.08. The smallest absolute Gasteiger partial charge is 0.0314 e. The van der Waals surface area contributed by atoms with Crippen molar-refractivity contribution in [2.24, 2.45) is 5.73 Å². The maximum atomic E-state index is 5.38. The quantitative estimate of drug-likeness (QED) is 0.831. The van der Waals surface area contributed by atoms with Crippen LogP contribution in [0.3, 0.4) is 0 Å². The Labute approximate surface area is 73.4 Å². The molecule has 0 aliphatic rings. The zero-order valence-corrected chi connectivity index (χ0v) is 8.04. The van der Waals surface area contributed by atoms with E-state index in [-0.39, 0.29) is 0 Å². The van der Waals surface area contributed by atoms with Crippen LogP contribution in [0.4, 0.5) is 0 Å². The normalized spacial score (nSPS) is 10.2. The first-order valence-corrected chi connectivity index (χ1v) is 4.94. The first kappa shape index (κ1) is 8.24. The topological polar surface area (TPSA) is 26.0 Å². The second kappa shape index (κ2) is 4.11. The maximum Gasteiger partial charge on any atom is 0.0314 e. The van der Waals surface area contributed by atoms with E-state index in [9.17, 15) is 0 Å². The van der Waals surface area contributed by atoms with Crippen LogP contribution >= 0.6 is 27.3 Å². The summed E-state index contributed by atoms with van der Waals surface area (Å²) in [6.07, 6.45) is 2.19. The van der Waals surface area contributed by atoms with Crippen molar-refractivity contribution in [1.82, 2.24) is 0 Å². The molecular formula is C7H10BrNS. The van der Waals surface area contributed by atoms with Gasteiger partial charge in [-0.1, -0.05) is 0 Å². The minimum absolute atomic E-state index is 0.782. The van der Waals surface area contributed by atoms with Gasteiger partial charge >= 0.3 is 0 Å². The number of aryl methyl sites for hydroxylation is 1. The molecule has 0 unspecified atom stereocenters. The van der Waals surface area contributed by atoms with Crippen molar-refractivity contribution in [3.63, 3.8) is 0 Å². The summed E-state index contributed by atoms with van der Waals surface area (Å²) in [5.74, 6) is 0. The summed E-state index contributed by atoms with van der Waals surface area (Å²) in [6.45, 7) is 0.782. The van der Waals surface area contributed by atoms with Gasteiger partial charge in [0.15, 0.2) is 0 Å². The molecule has 0 aliphatic carbocycles. The van der Waals surface area contributed by atoms with Crippen LogP contribution in [0, 0.1) is 0 Å². The third-order valence-corrected chi connectivity index (χ3v) is 3.29. The molecule has 56 valence electrons. The van der Waals surface area contributed by atoms with E-state index >= 15 is 0 Å². The van der Waals surface area contributed by atoms with Crippen LogP contribution in [0.15, 0.2) is 15.9 Å². The molecule has 1 rings (SSSR count). The Morgan fingerprint density at radius 2 is 2.40 bits per heavy atom. The van der Waals surface area contributed by atoms with Gasteiger partial charge in [0.1, 0.15) is 0 Å². The first-order valence-electron chi connectivity index (χ1n) is 3.26. The monoisotopic (exact) mass is 219 g/mol. The van der Waals surface area contributed by atoms with Crippen molar-refractivity contribution in [2.75, 3.05) is 6.54 Å². The molecule has 0 saturated heterocycles. The minimum atomic E-state index is 0.782. The summed E-state index contributed by atoms with van der Waals surface area (Å²) >= 11 is 5.25. The van der Waals surface area contributed by atoms with Crippen molar-refractivity contribution >= 4 is 27.3 Å². The Kier molecular flexibility index (Phi) is 3.39. The van der Waals surface area contributed by atoms with E-state index in [0.29, 0.717) is 0 Å². The minimum Gasteiger partial charge on any atom is -0.330 e. The average molecular weight is 220 g/mol. The van der Waals surface area contributed by atoms with Crippen molar-refractivity contribution < 1.29 is 0 Å². The highest BCUT2D eigenvalue weighted by Gasteiger charge is 1.98. The van der Waals surface area contributed by atoms with E-state index in [1.807, 2.05) is 0 Å². The number of nitrogens with two attached hydrogens (primary N) is 1. The molecule has 0 fully saturated rings. The predicted octanol–water partition coefficient (Wildman–Crippen LogP) is 2.40. The lowest BCUT2D eigenvalue weighted by atomic mass is 10.3. The van der Waals surface area contributed by atoms with Crippen LogP contribution in [0.2, 0.25) is 0 Å². The van der Waals surface area contributed by atoms with Crippen LogP contribution in [0.25, 0.3) is 0 Å². The van der Waals surface area contributed by atoms with Gasteiger partial charge in [-0.2, -0.15) is 0 Å². The summed E-state index contributed by atoms with van der Waals surface area (Å²) in [5, 5.41) is 2.09. The van der Waals surface area contributed by atoms with Gasteiger partial charge in [0, 0.05) is 9.35 Å². The zero-order chi connectivity index (χ0) is 7.40. The van der Waals surface area contributed by atoms with Gasteiger partial charge in [-0.05, 0) is 46.8 Å². The third kappa shape index (κ3) is 2.08. The van der Waals surface area contributed by atoms with E-state index in [1.165, 1.54) is 9.35 Å². The molecule has 0 saturated carbocycles. The number of halogens is 1. The summed E-state index contributed by atoms with van der Waals surface area (Å²) in [7, 11) is 0. The van der Waals surface area contributed by atoms with Gasteiger partial charge < -0.3 is 5.73 Å². The average Bonchev–Trinajstić information content (AvgIpc) is 2.31. The van der Waals surface area contributed by atoms with Crippen molar-refractivity contribution in [2.45, 2.75) is 12.8 Å². The lowest BCUT2D eigenvalue weighted by Gasteiger charge is -1.94. The highest BCUT2D eigenvalue weighted by Crippen LogP contribution is 2.23. The number of rotatable bonds is 3. The van der Waals surface area contributed by atoms with Crippen LogP contribution in [-0.2, 0) is 6.42 Å². The molecule has 0 spiro atoms. The summed E-state index contributed by atoms with van der Waals surface area (Å²) in [5.41, 5.74) is 5.38. The fourth-order valence-electron chi connectivity index (χ4n) is 0.766. The lowest BCUT2D eigenvalue weighted by Crippen LogP contribution is -1.99. The molecule has 0 aliphatic heterocycles. The molecule has 1 aromatic heterocycles. The molecule has 1 aromatic rings. The summed E-state index contributed by atoms with van der Waals surface area (Å²) in [6, 6.07) is 2.08. The standard InChI is InChI=1S/C7H10BrNS/c8-6-3-5-10-7(6)2-1-4-9/h3,5H,1-2,4,9H2. The molecule has 10 heavy (non-hydrogen) atoms. The SMILES string of the molecule is NCCCc1sccc1Br. The molecule has 0 amide bonds. The van der Waals surface area contributed by atoms with Crippen LogP contribution in [-0.4, -0.2) is 6.54 Å². The molecule has 1 heterocycles. The molecule has 0 atom stereocenters. The Balaban J connectivity index is 2.49. The Hall–Kier alpha value is 0.140. The maximum absolute atomic E-state index is 5.38. The molecule has 0 aromatic carbocycles. The van der Waals surface area contributed by atoms with E-state index in [2.05, 4.69) is 27.4 Å². The van der Waals surface area contributed by atoms with Crippen LogP contribution in [0.1, 0.15) is 11.3 Å². The van der Waals surface area contributed by atoms with Gasteiger partial charge in [0.25, 0.3) is 0 Å². The molecule has 2 N–H and O–H groups in total. The number of thiophene rings is 1. The molecule has 1 nitrogen and oxygen atoms in total. The van der Waals surface area contributed by atoms with Gasteiger partial charge in [-0.3, -0.25) is 0 Å². The van der Waals surface area contributed by atoms with E-state index in [0.717, 1.165) is 19.4 Å². The lowest BCUT2D eigenvalue weighted by molar-refractivity contribution is 0.841. The van der Waals surface area contributed by atoms with E-state index in [4.69, 9.17) is 5.73 Å². The van der Waals surface area contributed by atoms with Crippen molar-refractivity contribution in [1.29, 1.82) is 0 Å². The molecule has 0 radical (unpaired) electrons. The van der Waals surface area contributed by atoms with Gasteiger partial charge in [0.2, 0.25) is 0 Å². The Bertz CT molecular complexity index is 197. The van der Waals surface area contributed by atoms with Gasteiger partial charge in [-0.15, -0.1) is 11.3 Å². The van der Waals surface area contributed by atoms with Crippen molar-refractivity contribution in [3.8, 4) is 0 Å². The van der Waals surface area contributed by atoms with Crippen molar-refractivity contribution in [3.05, 3.63) is 20.8 Å². The van der Waals surface area contributed by atoms with Crippen LogP contribution < -0.4 is 5.73 Å². The van der Waals surface area contributed by atoms with Crippen LogP contribution in [0.5, 0.6) is 0 Å². The summed E-state index contributed by atoms with van der Waals surface area (Å²) in [4.78, 5) is 1.41. The first-order chi connectivity index (χ1) is 4.84. The predicted molar refractivity (Wildman–Crippen MR) is 49.4 cm³/mol. The fourth-order valence-corrected chi connectivity index (χ4v) is 2.36. The number of hydrogen-bond donors (Lipinski definition) is 1. The van der Waals surface area contributed by atoms with Gasteiger partial charge in [0.05, 0.1) is 0 Å².